The third kappa shape index (κ3) is 4.21. The minimum atomic E-state index is 0.398. The second-order valence-corrected chi connectivity index (χ2v) is 5.92. The normalized spacial score (nSPS) is 17.3. The van der Waals surface area contributed by atoms with Crippen LogP contribution in [0.1, 0.15) is 57.7 Å². The Kier molecular flexibility index (Phi) is 5.38. The molecule has 0 aliphatic heterocycles. The molecule has 102 valence electrons. The highest BCUT2D eigenvalue weighted by molar-refractivity contribution is 7.09. The second kappa shape index (κ2) is 7.04. The van der Waals surface area contributed by atoms with Gasteiger partial charge in [-0.25, -0.2) is 4.98 Å². The summed E-state index contributed by atoms with van der Waals surface area (Å²) in [4.78, 5) is 4.43. The fourth-order valence-electron chi connectivity index (χ4n) is 2.16. The van der Waals surface area contributed by atoms with Gasteiger partial charge in [0.2, 0.25) is 5.13 Å². The highest BCUT2D eigenvalue weighted by Gasteiger charge is 2.13. The van der Waals surface area contributed by atoms with Crippen LogP contribution >= 0.6 is 11.5 Å². The molecule has 0 aromatic carbocycles. The molecule has 2 rings (SSSR count). The van der Waals surface area contributed by atoms with Crippen LogP contribution < -0.4 is 5.32 Å². The number of rotatable bonds is 6. The van der Waals surface area contributed by atoms with Gasteiger partial charge in [-0.05, 0) is 12.8 Å². The molecule has 0 spiro atoms. The standard InChI is InChI=1S/C13H23N3OS/c1-10(2)12-15-13(18-16-12)14-8-9-17-11-6-4-3-5-7-11/h10-11H,3-9H2,1-2H3,(H,14,15,16). The average Bonchev–Trinajstić information content (AvgIpc) is 2.85. The molecule has 0 unspecified atom stereocenters. The van der Waals surface area contributed by atoms with E-state index in [1.54, 1.807) is 0 Å². The van der Waals surface area contributed by atoms with Crippen molar-refractivity contribution in [2.45, 2.75) is 58.0 Å². The first kappa shape index (κ1) is 13.7. The molecule has 1 aliphatic carbocycles. The first-order chi connectivity index (χ1) is 8.75. The summed E-state index contributed by atoms with van der Waals surface area (Å²) in [5, 5.41) is 4.19. The van der Waals surface area contributed by atoms with Gasteiger partial charge in [-0.15, -0.1) is 0 Å². The summed E-state index contributed by atoms with van der Waals surface area (Å²) >= 11 is 1.44. The average molecular weight is 269 g/mol. The summed E-state index contributed by atoms with van der Waals surface area (Å²) in [6.07, 6.45) is 6.98. The SMILES string of the molecule is CC(C)c1nsc(NCCOC2CCCCC2)n1. The van der Waals surface area contributed by atoms with Crippen molar-refractivity contribution in [1.82, 2.24) is 9.36 Å². The van der Waals surface area contributed by atoms with Crippen molar-refractivity contribution < 1.29 is 4.74 Å². The molecule has 1 N–H and O–H groups in total. The van der Waals surface area contributed by atoms with Gasteiger partial charge in [-0.1, -0.05) is 33.1 Å². The predicted octanol–water partition coefficient (Wildman–Crippen LogP) is 3.42. The van der Waals surface area contributed by atoms with Crippen LogP contribution in [0.3, 0.4) is 0 Å². The highest BCUT2D eigenvalue weighted by Crippen LogP contribution is 2.20. The number of nitrogens with one attached hydrogen (secondary N) is 1. The van der Waals surface area contributed by atoms with Gasteiger partial charge < -0.3 is 10.1 Å². The third-order valence-corrected chi connectivity index (χ3v) is 3.93. The molecule has 0 atom stereocenters. The van der Waals surface area contributed by atoms with Gasteiger partial charge in [0.05, 0.1) is 12.7 Å². The molecular weight excluding hydrogens is 246 g/mol. The van der Waals surface area contributed by atoms with Crippen LogP contribution in [0.25, 0.3) is 0 Å². The van der Waals surface area contributed by atoms with Crippen LogP contribution in [0.5, 0.6) is 0 Å². The van der Waals surface area contributed by atoms with Crippen LogP contribution in [0.2, 0.25) is 0 Å². The molecule has 18 heavy (non-hydrogen) atoms. The van der Waals surface area contributed by atoms with Crippen molar-refractivity contribution in [3.05, 3.63) is 5.82 Å². The van der Waals surface area contributed by atoms with Gasteiger partial charge >= 0.3 is 0 Å². The Morgan fingerprint density at radius 3 is 2.78 bits per heavy atom. The number of anilines is 1. The van der Waals surface area contributed by atoms with Crippen molar-refractivity contribution in [2.75, 3.05) is 18.5 Å². The van der Waals surface area contributed by atoms with Gasteiger partial charge in [0, 0.05) is 24.0 Å². The number of ether oxygens (including phenoxy) is 1. The molecule has 0 saturated heterocycles. The molecule has 0 amide bonds. The summed E-state index contributed by atoms with van der Waals surface area (Å²) in [6.45, 7) is 5.81. The number of nitrogens with zero attached hydrogens (tertiary/aromatic N) is 2. The van der Waals surface area contributed by atoms with E-state index in [0.717, 1.165) is 24.1 Å². The molecule has 1 heterocycles. The van der Waals surface area contributed by atoms with E-state index in [-0.39, 0.29) is 0 Å². The third-order valence-electron chi connectivity index (χ3n) is 3.24. The Hall–Kier alpha value is -0.680. The zero-order chi connectivity index (χ0) is 12.8. The van der Waals surface area contributed by atoms with Crippen LogP contribution in [0.4, 0.5) is 5.13 Å². The second-order valence-electron chi connectivity index (χ2n) is 5.17. The molecule has 4 nitrogen and oxygen atoms in total. The first-order valence-electron chi connectivity index (χ1n) is 6.95. The van der Waals surface area contributed by atoms with E-state index < -0.39 is 0 Å². The molecule has 0 bridgehead atoms. The zero-order valence-corrected chi connectivity index (χ0v) is 12.1. The number of aromatic nitrogens is 2. The van der Waals surface area contributed by atoms with Crippen LogP contribution in [0, 0.1) is 0 Å². The Morgan fingerprint density at radius 1 is 1.33 bits per heavy atom. The summed E-state index contributed by atoms with van der Waals surface area (Å²) < 4.78 is 10.2. The Bertz CT molecular complexity index is 348. The largest absolute Gasteiger partial charge is 0.376 e. The lowest BCUT2D eigenvalue weighted by Gasteiger charge is -2.21. The van der Waals surface area contributed by atoms with Gasteiger partial charge in [0.25, 0.3) is 0 Å². The Morgan fingerprint density at radius 2 is 2.11 bits per heavy atom. The lowest BCUT2D eigenvalue weighted by atomic mass is 9.98. The molecule has 1 saturated carbocycles. The van der Waals surface area contributed by atoms with Crippen molar-refractivity contribution in [1.29, 1.82) is 0 Å². The topological polar surface area (TPSA) is 47.0 Å². The number of hydrogen-bond donors (Lipinski definition) is 1. The molecular formula is C13H23N3OS. The van der Waals surface area contributed by atoms with Gasteiger partial charge in [-0.3, -0.25) is 0 Å². The molecule has 1 aromatic heterocycles. The van der Waals surface area contributed by atoms with Gasteiger partial charge in [0.15, 0.2) is 0 Å². The maximum Gasteiger partial charge on any atom is 0.202 e. The number of hydrogen-bond acceptors (Lipinski definition) is 5. The smallest absolute Gasteiger partial charge is 0.202 e. The van der Waals surface area contributed by atoms with Crippen LogP contribution in [-0.4, -0.2) is 28.6 Å². The van der Waals surface area contributed by atoms with Crippen molar-refractivity contribution in [3.8, 4) is 0 Å². The molecule has 1 fully saturated rings. The van der Waals surface area contributed by atoms with E-state index in [1.165, 1.54) is 43.6 Å². The minimum Gasteiger partial charge on any atom is -0.376 e. The summed E-state index contributed by atoms with van der Waals surface area (Å²) in [5.74, 6) is 1.32. The van der Waals surface area contributed by atoms with E-state index in [1.807, 2.05) is 0 Å². The van der Waals surface area contributed by atoms with Crippen LogP contribution in [-0.2, 0) is 4.74 Å². The maximum atomic E-state index is 5.85. The van der Waals surface area contributed by atoms with Gasteiger partial charge in [-0.2, -0.15) is 4.37 Å². The van der Waals surface area contributed by atoms with Gasteiger partial charge in [0.1, 0.15) is 5.82 Å². The van der Waals surface area contributed by atoms with E-state index >= 15 is 0 Å². The molecule has 0 radical (unpaired) electrons. The summed E-state index contributed by atoms with van der Waals surface area (Å²) in [5.41, 5.74) is 0. The highest BCUT2D eigenvalue weighted by atomic mass is 32.1. The molecule has 1 aromatic rings. The van der Waals surface area contributed by atoms with Crippen LogP contribution in [0.15, 0.2) is 0 Å². The quantitative estimate of drug-likeness (QED) is 0.804. The molecule has 1 aliphatic rings. The van der Waals surface area contributed by atoms with Crippen molar-refractivity contribution >= 4 is 16.7 Å². The van der Waals surface area contributed by atoms with E-state index in [0.29, 0.717) is 12.0 Å². The fourth-order valence-corrected chi connectivity index (χ4v) is 2.89. The first-order valence-corrected chi connectivity index (χ1v) is 7.72. The maximum absolute atomic E-state index is 5.85. The summed E-state index contributed by atoms with van der Waals surface area (Å²) in [7, 11) is 0. The predicted molar refractivity (Wildman–Crippen MR) is 75.3 cm³/mol. The fraction of sp³-hybridized carbons (Fsp3) is 0.846. The summed E-state index contributed by atoms with van der Waals surface area (Å²) in [6, 6.07) is 0. The lowest BCUT2D eigenvalue weighted by Crippen LogP contribution is -2.20. The Labute approximate surface area is 113 Å². The Balaban J connectivity index is 1.62. The zero-order valence-electron chi connectivity index (χ0n) is 11.3. The monoisotopic (exact) mass is 269 g/mol. The van der Waals surface area contributed by atoms with E-state index in [4.69, 9.17) is 4.74 Å². The molecule has 5 heteroatoms. The lowest BCUT2D eigenvalue weighted by molar-refractivity contribution is 0.0347. The van der Waals surface area contributed by atoms with Crippen molar-refractivity contribution in [3.63, 3.8) is 0 Å². The van der Waals surface area contributed by atoms with Crippen molar-refractivity contribution in [2.24, 2.45) is 0 Å². The van der Waals surface area contributed by atoms with E-state index in [9.17, 15) is 0 Å². The minimum absolute atomic E-state index is 0.398. The van der Waals surface area contributed by atoms with E-state index in [2.05, 4.69) is 28.5 Å².